The van der Waals surface area contributed by atoms with Crippen molar-refractivity contribution in [2.75, 3.05) is 43.6 Å². The Morgan fingerprint density at radius 1 is 1.48 bits per heavy atom. The van der Waals surface area contributed by atoms with E-state index in [1.807, 2.05) is 0 Å². The minimum atomic E-state index is -0.491. The van der Waals surface area contributed by atoms with Gasteiger partial charge in [0.25, 0.3) is 5.91 Å². The van der Waals surface area contributed by atoms with E-state index in [2.05, 4.69) is 10.6 Å². The molecule has 0 aromatic heterocycles. The molecule has 7 nitrogen and oxygen atoms in total. The van der Waals surface area contributed by atoms with Crippen molar-refractivity contribution in [1.82, 2.24) is 5.32 Å². The molecule has 7 heteroatoms. The minimum absolute atomic E-state index is 0.0989. The van der Waals surface area contributed by atoms with Gasteiger partial charge in [0.1, 0.15) is 11.9 Å². The lowest BCUT2D eigenvalue weighted by Crippen LogP contribution is -2.45. The van der Waals surface area contributed by atoms with Crippen LogP contribution in [0.2, 0.25) is 0 Å². The third kappa shape index (κ3) is 3.46. The van der Waals surface area contributed by atoms with Crippen molar-refractivity contribution in [2.24, 2.45) is 0 Å². The van der Waals surface area contributed by atoms with E-state index >= 15 is 0 Å². The lowest BCUT2D eigenvalue weighted by Gasteiger charge is -2.23. The second-order valence-electron chi connectivity index (χ2n) is 5.59. The molecular formula is C16H21N3O4. The van der Waals surface area contributed by atoms with Crippen LogP contribution < -0.4 is 20.3 Å². The molecule has 0 aliphatic carbocycles. The molecule has 0 saturated carbocycles. The van der Waals surface area contributed by atoms with E-state index in [1.165, 1.54) is 0 Å². The molecular weight excluding hydrogens is 298 g/mol. The highest BCUT2D eigenvalue weighted by Crippen LogP contribution is 2.33. The molecule has 1 unspecified atom stereocenters. The predicted octanol–water partition coefficient (Wildman–Crippen LogP) is 0.749. The molecule has 2 saturated heterocycles. The summed E-state index contributed by atoms with van der Waals surface area (Å²) in [6.07, 6.45) is 0.926. The van der Waals surface area contributed by atoms with Gasteiger partial charge in [0, 0.05) is 37.8 Å². The van der Waals surface area contributed by atoms with Crippen LogP contribution in [0.1, 0.15) is 12.8 Å². The molecule has 2 amide bonds. The van der Waals surface area contributed by atoms with Crippen molar-refractivity contribution in [3.05, 3.63) is 18.2 Å². The van der Waals surface area contributed by atoms with Gasteiger partial charge in [-0.1, -0.05) is 0 Å². The molecule has 2 N–H and O–H groups in total. The highest BCUT2D eigenvalue weighted by atomic mass is 16.5. The van der Waals surface area contributed by atoms with Crippen molar-refractivity contribution in [2.45, 2.75) is 18.9 Å². The van der Waals surface area contributed by atoms with E-state index in [0.717, 1.165) is 18.7 Å². The Hall–Kier alpha value is -2.12. The van der Waals surface area contributed by atoms with Gasteiger partial charge in [-0.25, -0.2) is 0 Å². The van der Waals surface area contributed by atoms with Crippen molar-refractivity contribution < 1.29 is 19.1 Å². The van der Waals surface area contributed by atoms with Crippen LogP contribution in [0.25, 0.3) is 0 Å². The minimum Gasteiger partial charge on any atom is -0.494 e. The average molecular weight is 319 g/mol. The van der Waals surface area contributed by atoms with Gasteiger partial charge in [0.05, 0.1) is 19.4 Å². The zero-order chi connectivity index (χ0) is 16.2. The summed E-state index contributed by atoms with van der Waals surface area (Å²) in [4.78, 5) is 25.8. The summed E-state index contributed by atoms with van der Waals surface area (Å²) in [5, 5.41) is 5.95. The standard InChI is InChI=1S/C16H21N3O4/c1-22-13-9-11(18-16(21)14-10-17-6-8-23-14)4-5-12(13)19-7-2-3-15(19)20/h4-5,9,14,17H,2-3,6-8,10H2,1H3,(H,18,21). The van der Waals surface area contributed by atoms with Crippen molar-refractivity contribution in [3.8, 4) is 5.75 Å². The summed E-state index contributed by atoms with van der Waals surface area (Å²) < 4.78 is 10.8. The molecule has 1 aromatic rings. The molecule has 2 aliphatic heterocycles. The maximum Gasteiger partial charge on any atom is 0.254 e. The van der Waals surface area contributed by atoms with Crippen LogP contribution in [0, 0.1) is 0 Å². The fraction of sp³-hybridized carbons (Fsp3) is 0.500. The largest absolute Gasteiger partial charge is 0.494 e. The first-order valence-electron chi connectivity index (χ1n) is 7.80. The van der Waals surface area contributed by atoms with Crippen LogP contribution in [0.3, 0.4) is 0 Å². The molecule has 2 fully saturated rings. The van der Waals surface area contributed by atoms with Crippen LogP contribution in [-0.4, -0.2) is 51.3 Å². The summed E-state index contributed by atoms with van der Waals surface area (Å²) >= 11 is 0. The van der Waals surface area contributed by atoms with E-state index in [9.17, 15) is 9.59 Å². The summed E-state index contributed by atoms with van der Waals surface area (Å²) in [6.45, 7) is 2.49. The highest BCUT2D eigenvalue weighted by Gasteiger charge is 2.25. The van der Waals surface area contributed by atoms with Crippen LogP contribution in [0.15, 0.2) is 18.2 Å². The van der Waals surface area contributed by atoms with Gasteiger partial charge in [-0.05, 0) is 18.6 Å². The van der Waals surface area contributed by atoms with Crippen molar-refractivity contribution >= 4 is 23.2 Å². The van der Waals surface area contributed by atoms with Crippen molar-refractivity contribution in [3.63, 3.8) is 0 Å². The van der Waals surface area contributed by atoms with E-state index in [-0.39, 0.29) is 11.8 Å². The van der Waals surface area contributed by atoms with Crippen LogP contribution in [0.5, 0.6) is 5.75 Å². The number of hydrogen-bond donors (Lipinski definition) is 2. The Morgan fingerprint density at radius 3 is 3.00 bits per heavy atom. The monoisotopic (exact) mass is 319 g/mol. The van der Waals surface area contributed by atoms with Gasteiger partial charge in [-0.15, -0.1) is 0 Å². The Labute approximate surface area is 134 Å². The Balaban J connectivity index is 1.73. The van der Waals surface area contributed by atoms with E-state index in [1.54, 1.807) is 30.2 Å². The van der Waals surface area contributed by atoms with E-state index in [0.29, 0.717) is 37.6 Å². The molecule has 1 aromatic carbocycles. The topological polar surface area (TPSA) is 79.9 Å². The van der Waals surface area contributed by atoms with Crippen LogP contribution >= 0.6 is 0 Å². The molecule has 0 bridgehead atoms. The summed E-state index contributed by atoms with van der Waals surface area (Å²) in [5.41, 5.74) is 1.36. The first kappa shape index (κ1) is 15.8. The summed E-state index contributed by atoms with van der Waals surface area (Å²) in [6, 6.07) is 5.31. The molecule has 23 heavy (non-hydrogen) atoms. The quantitative estimate of drug-likeness (QED) is 0.856. The van der Waals surface area contributed by atoms with Gasteiger partial charge >= 0.3 is 0 Å². The highest BCUT2D eigenvalue weighted by molar-refractivity contribution is 5.98. The van der Waals surface area contributed by atoms with E-state index in [4.69, 9.17) is 9.47 Å². The SMILES string of the molecule is COc1cc(NC(=O)C2CNCCO2)ccc1N1CCCC1=O. The summed E-state index contributed by atoms with van der Waals surface area (Å²) in [7, 11) is 1.55. The second kappa shape index (κ2) is 6.97. The maximum absolute atomic E-state index is 12.2. The number of nitrogens with one attached hydrogen (secondary N) is 2. The van der Waals surface area contributed by atoms with Crippen molar-refractivity contribution in [1.29, 1.82) is 0 Å². The second-order valence-corrected chi connectivity index (χ2v) is 5.59. The third-order valence-electron chi connectivity index (χ3n) is 4.03. The smallest absolute Gasteiger partial charge is 0.254 e. The first-order chi connectivity index (χ1) is 11.2. The zero-order valence-corrected chi connectivity index (χ0v) is 13.1. The number of ether oxygens (including phenoxy) is 2. The Bertz CT molecular complexity index is 599. The van der Waals surface area contributed by atoms with Gasteiger partial charge < -0.3 is 25.0 Å². The van der Waals surface area contributed by atoms with Gasteiger partial charge in [0.2, 0.25) is 5.91 Å². The first-order valence-corrected chi connectivity index (χ1v) is 7.80. The zero-order valence-electron chi connectivity index (χ0n) is 13.1. The molecule has 0 spiro atoms. The molecule has 1 atom stereocenters. The normalized spacial score (nSPS) is 21.3. The van der Waals surface area contributed by atoms with E-state index < -0.39 is 6.10 Å². The van der Waals surface area contributed by atoms with Gasteiger partial charge in [-0.2, -0.15) is 0 Å². The number of amides is 2. The number of methoxy groups -OCH3 is 1. The molecule has 124 valence electrons. The number of morpholine rings is 1. The predicted molar refractivity (Wildman–Crippen MR) is 85.8 cm³/mol. The third-order valence-corrected chi connectivity index (χ3v) is 4.03. The molecule has 3 rings (SSSR count). The fourth-order valence-electron chi connectivity index (χ4n) is 2.84. The number of anilines is 2. The fourth-order valence-corrected chi connectivity index (χ4v) is 2.84. The number of rotatable bonds is 4. The number of nitrogens with zero attached hydrogens (tertiary/aromatic N) is 1. The van der Waals surface area contributed by atoms with Gasteiger partial charge in [-0.3, -0.25) is 9.59 Å². The van der Waals surface area contributed by atoms with Crippen LogP contribution in [-0.2, 0) is 14.3 Å². The number of carbonyl (C=O) groups is 2. The molecule has 2 heterocycles. The lowest BCUT2D eigenvalue weighted by atomic mass is 10.2. The number of hydrogen-bond acceptors (Lipinski definition) is 5. The lowest BCUT2D eigenvalue weighted by molar-refractivity contribution is -0.128. The average Bonchev–Trinajstić information content (AvgIpc) is 3.01. The number of benzene rings is 1. The summed E-state index contributed by atoms with van der Waals surface area (Å²) in [5.74, 6) is 0.478. The molecule has 2 aliphatic rings. The maximum atomic E-state index is 12.2. The number of carbonyl (C=O) groups excluding carboxylic acids is 2. The van der Waals surface area contributed by atoms with Crippen LogP contribution in [0.4, 0.5) is 11.4 Å². The Kier molecular flexibility index (Phi) is 4.78. The Morgan fingerprint density at radius 2 is 2.35 bits per heavy atom. The van der Waals surface area contributed by atoms with Gasteiger partial charge in [0.15, 0.2) is 0 Å². The molecule has 0 radical (unpaired) electrons.